The van der Waals surface area contributed by atoms with Crippen molar-refractivity contribution >= 4 is 17.5 Å². The maximum Gasteiger partial charge on any atom is 0.229 e. The van der Waals surface area contributed by atoms with Gasteiger partial charge in [-0.25, -0.2) is 0 Å². The Morgan fingerprint density at radius 1 is 1.08 bits per heavy atom. The van der Waals surface area contributed by atoms with Crippen LogP contribution in [0.1, 0.15) is 24.9 Å². The lowest BCUT2D eigenvalue weighted by molar-refractivity contribution is -0.120. The molecular weight excluding hydrogens is 318 g/mol. The van der Waals surface area contributed by atoms with Crippen molar-refractivity contribution in [1.82, 2.24) is 0 Å². The predicted octanol–water partition coefficient (Wildman–Crippen LogP) is 2.22. The van der Waals surface area contributed by atoms with E-state index in [4.69, 9.17) is 16.2 Å². The second-order valence-electron chi connectivity index (χ2n) is 5.78. The lowest BCUT2D eigenvalue weighted by Crippen LogP contribution is -2.30. The van der Waals surface area contributed by atoms with Gasteiger partial charge in [0.05, 0.1) is 24.6 Å². The Bertz CT molecular complexity index is 719. The van der Waals surface area contributed by atoms with E-state index in [1.54, 1.807) is 31.2 Å². The average Bonchev–Trinajstić information content (AvgIpc) is 2.62. The minimum Gasteiger partial charge on any atom is -0.491 e. The molecule has 2 atom stereocenters. The van der Waals surface area contributed by atoms with E-state index in [1.807, 2.05) is 30.3 Å². The highest BCUT2D eigenvalue weighted by Crippen LogP contribution is 2.26. The van der Waals surface area contributed by atoms with Gasteiger partial charge in [0.15, 0.2) is 0 Å². The highest BCUT2D eigenvalue weighted by atomic mass is 16.5. The van der Waals surface area contributed by atoms with Gasteiger partial charge in [-0.2, -0.15) is 0 Å². The number of ether oxygens (including phenoxy) is 1. The van der Waals surface area contributed by atoms with Crippen molar-refractivity contribution in [3.05, 3.63) is 60.2 Å². The molecular formula is C19H23N3O3. The number of primary amides is 1. The fraction of sp³-hybridized carbons (Fsp3) is 0.263. The van der Waals surface area contributed by atoms with Crippen LogP contribution in [0.25, 0.3) is 0 Å². The van der Waals surface area contributed by atoms with Gasteiger partial charge in [-0.3, -0.25) is 9.59 Å². The number of rotatable bonds is 8. The molecule has 5 N–H and O–H groups in total. The molecule has 0 bridgehead atoms. The number of anilines is 1. The minimum absolute atomic E-state index is 0.109. The molecule has 0 heterocycles. The zero-order valence-corrected chi connectivity index (χ0v) is 14.1. The molecule has 2 amide bonds. The zero-order valence-electron chi connectivity index (χ0n) is 14.1. The topological polar surface area (TPSA) is 107 Å². The number of para-hydroxylation sites is 2. The highest BCUT2D eigenvalue weighted by Gasteiger charge is 2.23. The van der Waals surface area contributed by atoms with Crippen LogP contribution in [0.2, 0.25) is 0 Å². The van der Waals surface area contributed by atoms with Crippen LogP contribution >= 0.6 is 0 Å². The van der Waals surface area contributed by atoms with Crippen LogP contribution in [0.4, 0.5) is 5.69 Å². The summed E-state index contributed by atoms with van der Waals surface area (Å²) < 4.78 is 5.53. The van der Waals surface area contributed by atoms with Crippen molar-refractivity contribution in [2.24, 2.45) is 17.4 Å². The Labute approximate surface area is 147 Å². The molecule has 0 aliphatic carbocycles. The van der Waals surface area contributed by atoms with Crippen LogP contribution < -0.4 is 21.5 Å². The van der Waals surface area contributed by atoms with Gasteiger partial charge in [0.25, 0.3) is 0 Å². The molecule has 0 fully saturated rings. The summed E-state index contributed by atoms with van der Waals surface area (Å²) in [5, 5.41) is 2.84. The lowest BCUT2D eigenvalue weighted by Gasteiger charge is -2.20. The van der Waals surface area contributed by atoms with Crippen molar-refractivity contribution in [1.29, 1.82) is 0 Å². The fourth-order valence-corrected chi connectivity index (χ4v) is 2.33. The molecule has 2 unspecified atom stereocenters. The summed E-state index contributed by atoms with van der Waals surface area (Å²) in [4.78, 5) is 23.4. The van der Waals surface area contributed by atoms with Crippen LogP contribution in [-0.4, -0.2) is 18.4 Å². The van der Waals surface area contributed by atoms with E-state index < -0.39 is 17.9 Å². The molecule has 0 saturated heterocycles. The number of nitrogens with two attached hydrogens (primary N) is 2. The normalized spacial score (nSPS) is 12.9. The first kappa shape index (κ1) is 18.5. The van der Waals surface area contributed by atoms with Crippen molar-refractivity contribution in [3.63, 3.8) is 0 Å². The molecule has 0 radical (unpaired) electrons. The molecule has 0 aliphatic rings. The smallest absolute Gasteiger partial charge is 0.229 e. The maximum absolute atomic E-state index is 12.5. The number of hydrogen-bond acceptors (Lipinski definition) is 4. The van der Waals surface area contributed by atoms with Crippen LogP contribution in [0.15, 0.2) is 54.6 Å². The van der Waals surface area contributed by atoms with Crippen molar-refractivity contribution in [3.8, 4) is 5.75 Å². The lowest BCUT2D eigenvalue weighted by atomic mass is 9.94. The molecule has 0 aliphatic heterocycles. The van der Waals surface area contributed by atoms with Crippen LogP contribution in [0, 0.1) is 5.92 Å². The van der Waals surface area contributed by atoms with Gasteiger partial charge in [-0.05, 0) is 17.7 Å². The summed E-state index contributed by atoms with van der Waals surface area (Å²) in [7, 11) is 0. The third kappa shape index (κ3) is 5.32. The summed E-state index contributed by atoms with van der Waals surface area (Å²) in [6.45, 7) is 1.94. The standard InChI is InChI=1S/C19H23N3O3/c1-13(18(21)14-7-3-2-4-8-14)19(24)22-15-9-5-6-10-16(15)25-12-11-17(20)23/h2-10,13,18H,11-12,21H2,1H3,(H2,20,23)(H,22,24). The largest absolute Gasteiger partial charge is 0.491 e. The SMILES string of the molecule is CC(C(=O)Nc1ccccc1OCCC(N)=O)C(N)c1ccccc1. The number of hydrogen-bond donors (Lipinski definition) is 3. The van der Waals surface area contributed by atoms with E-state index in [1.165, 1.54) is 0 Å². The van der Waals surface area contributed by atoms with E-state index in [0.717, 1.165) is 5.56 Å². The summed E-state index contributed by atoms with van der Waals surface area (Å²) >= 11 is 0. The zero-order chi connectivity index (χ0) is 18.2. The molecule has 25 heavy (non-hydrogen) atoms. The predicted molar refractivity (Wildman–Crippen MR) is 96.9 cm³/mol. The molecule has 6 heteroatoms. The van der Waals surface area contributed by atoms with Crippen molar-refractivity contribution < 1.29 is 14.3 Å². The van der Waals surface area contributed by atoms with Gasteiger partial charge in [0.1, 0.15) is 5.75 Å². The van der Waals surface area contributed by atoms with Gasteiger partial charge < -0.3 is 21.5 Å². The Morgan fingerprint density at radius 3 is 2.40 bits per heavy atom. The third-order valence-corrected chi connectivity index (χ3v) is 3.89. The molecule has 0 aromatic heterocycles. The Balaban J connectivity index is 2.03. The second kappa shape index (κ2) is 8.84. The van der Waals surface area contributed by atoms with Crippen molar-refractivity contribution in [2.45, 2.75) is 19.4 Å². The highest BCUT2D eigenvalue weighted by molar-refractivity contribution is 5.94. The molecule has 132 valence electrons. The molecule has 2 rings (SSSR count). The Morgan fingerprint density at radius 2 is 1.72 bits per heavy atom. The quantitative estimate of drug-likeness (QED) is 0.684. The summed E-state index contributed by atoms with van der Waals surface area (Å²) in [5.74, 6) is -0.593. The second-order valence-corrected chi connectivity index (χ2v) is 5.78. The van der Waals surface area contributed by atoms with Gasteiger partial charge in [-0.15, -0.1) is 0 Å². The first-order valence-corrected chi connectivity index (χ1v) is 8.10. The number of benzene rings is 2. The van der Waals surface area contributed by atoms with E-state index in [9.17, 15) is 9.59 Å². The monoisotopic (exact) mass is 341 g/mol. The van der Waals surface area contributed by atoms with Crippen LogP contribution in [0.5, 0.6) is 5.75 Å². The molecule has 0 saturated carbocycles. The van der Waals surface area contributed by atoms with E-state index in [0.29, 0.717) is 11.4 Å². The van der Waals surface area contributed by atoms with Gasteiger partial charge in [-0.1, -0.05) is 49.4 Å². The Kier molecular flexibility index (Phi) is 6.54. The minimum atomic E-state index is -0.441. The fourth-order valence-electron chi connectivity index (χ4n) is 2.33. The molecule has 6 nitrogen and oxygen atoms in total. The van der Waals surface area contributed by atoms with Crippen molar-refractivity contribution in [2.75, 3.05) is 11.9 Å². The summed E-state index contributed by atoms with van der Waals surface area (Å²) in [5.41, 5.74) is 12.7. The van der Waals surface area contributed by atoms with E-state index in [2.05, 4.69) is 5.32 Å². The molecule has 0 spiro atoms. The average molecular weight is 341 g/mol. The third-order valence-electron chi connectivity index (χ3n) is 3.89. The van der Waals surface area contributed by atoms with Gasteiger partial charge in [0, 0.05) is 6.04 Å². The summed E-state index contributed by atoms with van der Waals surface area (Å²) in [6.07, 6.45) is 0.109. The van der Waals surface area contributed by atoms with Crippen LogP contribution in [-0.2, 0) is 9.59 Å². The number of carbonyl (C=O) groups is 2. The van der Waals surface area contributed by atoms with Gasteiger partial charge in [0.2, 0.25) is 11.8 Å². The Hall–Kier alpha value is -2.86. The molecule has 2 aromatic rings. The number of carbonyl (C=O) groups excluding carboxylic acids is 2. The number of nitrogens with one attached hydrogen (secondary N) is 1. The molecule has 2 aromatic carbocycles. The van der Waals surface area contributed by atoms with Gasteiger partial charge >= 0.3 is 0 Å². The van der Waals surface area contributed by atoms with E-state index >= 15 is 0 Å². The first-order chi connectivity index (χ1) is 12.0. The van der Waals surface area contributed by atoms with Crippen LogP contribution in [0.3, 0.4) is 0 Å². The van der Waals surface area contributed by atoms with E-state index in [-0.39, 0.29) is 18.9 Å². The maximum atomic E-state index is 12.5. The first-order valence-electron chi connectivity index (χ1n) is 8.10. The summed E-state index contributed by atoms with van der Waals surface area (Å²) in [6, 6.07) is 16.1. The number of amides is 2.